The monoisotopic (exact) mass is 317 g/mol. The van der Waals surface area contributed by atoms with Crippen LogP contribution in [0.15, 0.2) is 42.5 Å². The van der Waals surface area contributed by atoms with E-state index in [0.717, 1.165) is 47.2 Å². The molecular weight excluding hydrogens is 294 g/mol. The predicted molar refractivity (Wildman–Crippen MR) is 95.0 cm³/mol. The van der Waals surface area contributed by atoms with Crippen molar-refractivity contribution in [3.63, 3.8) is 0 Å². The zero-order valence-electron chi connectivity index (χ0n) is 13.4. The average molecular weight is 318 g/mol. The Morgan fingerprint density at radius 3 is 2.68 bits per heavy atom. The van der Waals surface area contributed by atoms with E-state index >= 15 is 0 Å². The van der Waals surface area contributed by atoms with E-state index < -0.39 is 0 Å². The van der Waals surface area contributed by atoms with Crippen LogP contribution in [-0.4, -0.2) is 6.61 Å². The van der Waals surface area contributed by atoms with Gasteiger partial charge in [0.1, 0.15) is 5.75 Å². The summed E-state index contributed by atoms with van der Waals surface area (Å²) in [6, 6.07) is 14.2. The first-order valence-electron chi connectivity index (χ1n) is 7.91. The van der Waals surface area contributed by atoms with Crippen molar-refractivity contribution in [1.82, 2.24) is 0 Å². The molecule has 0 unspecified atom stereocenters. The maximum atomic E-state index is 6.16. The summed E-state index contributed by atoms with van der Waals surface area (Å²) in [4.78, 5) is 0. The third kappa shape index (κ3) is 4.96. The summed E-state index contributed by atoms with van der Waals surface area (Å²) in [6.07, 6.45) is 3.52. The lowest BCUT2D eigenvalue weighted by molar-refractivity contribution is 0.303. The lowest BCUT2D eigenvalue weighted by Crippen LogP contribution is -2.04. The van der Waals surface area contributed by atoms with Crippen LogP contribution in [0.2, 0.25) is 5.02 Å². The number of benzene rings is 2. The average Bonchev–Trinajstić information content (AvgIpc) is 2.53. The molecule has 0 heterocycles. The van der Waals surface area contributed by atoms with Gasteiger partial charge in [-0.2, -0.15) is 0 Å². The number of rotatable bonds is 8. The number of hydrogen-bond donors (Lipinski definition) is 1. The van der Waals surface area contributed by atoms with Gasteiger partial charge in [0.15, 0.2) is 0 Å². The molecule has 0 radical (unpaired) electrons. The fraction of sp³-hybridized carbons (Fsp3) is 0.368. The fourth-order valence-electron chi connectivity index (χ4n) is 2.22. The second kappa shape index (κ2) is 8.70. The van der Waals surface area contributed by atoms with E-state index in [-0.39, 0.29) is 0 Å². The molecule has 0 aliphatic heterocycles. The molecule has 1 N–H and O–H groups in total. The van der Waals surface area contributed by atoms with Gasteiger partial charge in [0.2, 0.25) is 0 Å². The van der Waals surface area contributed by atoms with Gasteiger partial charge < -0.3 is 10.1 Å². The van der Waals surface area contributed by atoms with Crippen LogP contribution >= 0.6 is 11.6 Å². The third-order valence-corrected chi connectivity index (χ3v) is 4.04. The minimum Gasteiger partial charge on any atom is -0.493 e. The molecule has 0 aliphatic carbocycles. The predicted octanol–water partition coefficient (Wildman–Crippen LogP) is 5.83. The molecule has 0 aliphatic rings. The van der Waals surface area contributed by atoms with Gasteiger partial charge in [-0.1, -0.05) is 55.6 Å². The molecule has 118 valence electrons. The quantitative estimate of drug-likeness (QED) is 0.618. The van der Waals surface area contributed by atoms with E-state index in [9.17, 15) is 0 Å². The summed E-state index contributed by atoms with van der Waals surface area (Å²) < 4.78 is 5.90. The number of halogens is 1. The van der Waals surface area contributed by atoms with E-state index in [1.54, 1.807) is 0 Å². The van der Waals surface area contributed by atoms with Crippen molar-refractivity contribution < 1.29 is 4.74 Å². The Labute approximate surface area is 138 Å². The lowest BCUT2D eigenvalue weighted by atomic mass is 10.2. The number of aryl methyl sites for hydroxylation is 1. The maximum Gasteiger partial charge on any atom is 0.124 e. The van der Waals surface area contributed by atoms with Crippen LogP contribution in [0, 0.1) is 6.92 Å². The number of anilines is 1. The van der Waals surface area contributed by atoms with Crippen molar-refractivity contribution in [3.05, 3.63) is 58.6 Å². The fourth-order valence-corrected chi connectivity index (χ4v) is 2.41. The number of para-hydroxylation sites is 1. The second-order valence-corrected chi connectivity index (χ2v) is 5.89. The molecule has 0 atom stereocenters. The molecule has 2 aromatic carbocycles. The summed E-state index contributed by atoms with van der Waals surface area (Å²) in [6.45, 7) is 5.71. The van der Waals surface area contributed by atoms with E-state index in [1.165, 1.54) is 12.8 Å². The standard InChI is InChI=1S/C19H24ClNO/c1-3-4-7-12-22-19-9-6-5-8-16(19)14-21-17-11-10-15(2)18(20)13-17/h5-6,8-11,13,21H,3-4,7,12,14H2,1-2H3. The largest absolute Gasteiger partial charge is 0.493 e. The topological polar surface area (TPSA) is 21.3 Å². The molecule has 2 nitrogen and oxygen atoms in total. The number of nitrogens with one attached hydrogen (secondary N) is 1. The highest BCUT2D eigenvalue weighted by Gasteiger charge is 2.04. The first-order valence-corrected chi connectivity index (χ1v) is 8.29. The molecule has 2 rings (SSSR count). The molecule has 0 aromatic heterocycles. The van der Waals surface area contributed by atoms with Gasteiger partial charge in [0, 0.05) is 22.8 Å². The Bertz CT molecular complexity index is 598. The third-order valence-electron chi connectivity index (χ3n) is 3.63. The summed E-state index contributed by atoms with van der Waals surface area (Å²) in [7, 11) is 0. The Balaban J connectivity index is 1.95. The van der Waals surface area contributed by atoms with Crippen molar-refractivity contribution in [1.29, 1.82) is 0 Å². The Kier molecular flexibility index (Phi) is 6.60. The van der Waals surface area contributed by atoms with E-state index in [1.807, 2.05) is 43.3 Å². The van der Waals surface area contributed by atoms with Crippen molar-refractivity contribution in [3.8, 4) is 5.75 Å². The Morgan fingerprint density at radius 1 is 1.09 bits per heavy atom. The summed E-state index contributed by atoms with van der Waals surface area (Å²) >= 11 is 6.16. The minimum absolute atomic E-state index is 0.726. The molecular formula is C19H24ClNO. The zero-order valence-corrected chi connectivity index (χ0v) is 14.1. The van der Waals surface area contributed by atoms with Gasteiger partial charge in [0.25, 0.3) is 0 Å². The molecule has 0 amide bonds. The molecule has 0 spiro atoms. The van der Waals surface area contributed by atoms with Crippen LogP contribution in [0.1, 0.15) is 37.3 Å². The van der Waals surface area contributed by atoms with Gasteiger partial charge >= 0.3 is 0 Å². The summed E-state index contributed by atoms with van der Waals surface area (Å²) in [5.41, 5.74) is 3.28. The van der Waals surface area contributed by atoms with Gasteiger partial charge in [-0.3, -0.25) is 0 Å². The highest BCUT2D eigenvalue weighted by molar-refractivity contribution is 6.31. The highest BCUT2D eigenvalue weighted by Crippen LogP contribution is 2.23. The number of ether oxygens (including phenoxy) is 1. The number of unbranched alkanes of at least 4 members (excludes halogenated alkanes) is 2. The summed E-state index contributed by atoms with van der Waals surface area (Å²) in [5, 5.41) is 4.19. The van der Waals surface area contributed by atoms with Gasteiger partial charge in [-0.15, -0.1) is 0 Å². The molecule has 2 aromatic rings. The van der Waals surface area contributed by atoms with E-state index in [2.05, 4.69) is 18.3 Å². The second-order valence-electron chi connectivity index (χ2n) is 5.48. The van der Waals surface area contributed by atoms with Crippen LogP contribution in [0.3, 0.4) is 0 Å². The minimum atomic E-state index is 0.726. The SMILES string of the molecule is CCCCCOc1ccccc1CNc1ccc(C)c(Cl)c1. The number of hydrogen-bond acceptors (Lipinski definition) is 2. The molecule has 0 saturated heterocycles. The lowest BCUT2D eigenvalue weighted by Gasteiger charge is -2.13. The van der Waals surface area contributed by atoms with Crippen molar-refractivity contribution in [2.75, 3.05) is 11.9 Å². The van der Waals surface area contributed by atoms with Gasteiger partial charge in [-0.05, 0) is 37.1 Å². The molecule has 0 fully saturated rings. The van der Waals surface area contributed by atoms with Gasteiger partial charge in [-0.25, -0.2) is 0 Å². The summed E-state index contributed by atoms with van der Waals surface area (Å²) in [5.74, 6) is 0.962. The Morgan fingerprint density at radius 2 is 1.91 bits per heavy atom. The molecule has 0 bridgehead atoms. The zero-order chi connectivity index (χ0) is 15.8. The Hall–Kier alpha value is -1.67. The highest BCUT2D eigenvalue weighted by atomic mass is 35.5. The molecule has 22 heavy (non-hydrogen) atoms. The van der Waals surface area contributed by atoms with Crippen LogP contribution in [-0.2, 0) is 6.54 Å². The van der Waals surface area contributed by atoms with Crippen LogP contribution in [0.5, 0.6) is 5.75 Å². The van der Waals surface area contributed by atoms with E-state index in [0.29, 0.717) is 0 Å². The van der Waals surface area contributed by atoms with Crippen LogP contribution < -0.4 is 10.1 Å². The van der Waals surface area contributed by atoms with E-state index in [4.69, 9.17) is 16.3 Å². The smallest absolute Gasteiger partial charge is 0.124 e. The molecule has 3 heteroatoms. The van der Waals surface area contributed by atoms with Gasteiger partial charge in [0.05, 0.1) is 6.61 Å². The first kappa shape index (κ1) is 16.7. The van der Waals surface area contributed by atoms with Crippen molar-refractivity contribution >= 4 is 17.3 Å². The molecule has 0 saturated carbocycles. The van der Waals surface area contributed by atoms with Crippen LogP contribution in [0.25, 0.3) is 0 Å². The maximum absolute atomic E-state index is 6.16. The van der Waals surface area contributed by atoms with Crippen molar-refractivity contribution in [2.45, 2.75) is 39.7 Å². The normalized spacial score (nSPS) is 10.5. The van der Waals surface area contributed by atoms with Crippen molar-refractivity contribution in [2.24, 2.45) is 0 Å². The van der Waals surface area contributed by atoms with Crippen LogP contribution in [0.4, 0.5) is 5.69 Å². The first-order chi connectivity index (χ1) is 10.7.